The third kappa shape index (κ3) is 14.7. The second kappa shape index (κ2) is 28.0. The molecular weight excluding hydrogens is 1040 g/mol. The number of aromatic nitrogens is 2. The number of benzene rings is 7. The first-order chi connectivity index (χ1) is 39.2. The third-order valence-electron chi connectivity index (χ3n) is 11.9. The molecule has 0 aliphatic carbocycles. The minimum atomic E-state index is -1.30. The summed E-state index contributed by atoms with van der Waals surface area (Å²) in [5.41, 5.74) is 10.6. The Hall–Kier alpha value is -9.10. The Labute approximate surface area is 453 Å². The van der Waals surface area contributed by atoms with Crippen molar-refractivity contribution in [3.8, 4) is 92.2 Å². The molecule has 1 N–H and O–H groups in total. The summed E-state index contributed by atoms with van der Waals surface area (Å²) in [6.45, 7) is 6.94. The molecule has 0 saturated carbocycles. The number of oxazole rings is 2. The van der Waals surface area contributed by atoms with Crippen molar-refractivity contribution in [3.05, 3.63) is 132 Å². The fraction of sp³-hybridized carbons (Fsp3) is 0.172. The van der Waals surface area contributed by atoms with Crippen molar-refractivity contribution in [1.82, 2.24) is 9.97 Å². The van der Waals surface area contributed by atoms with E-state index in [-0.39, 0.29) is 5.75 Å². The van der Waals surface area contributed by atoms with E-state index in [1.54, 1.807) is 12.1 Å². The topological polar surface area (TPSA) is 245 Å². The van der Waals surface area contributed by atoms with E-state index in [0.717, 1.165) is 90.2 Å². The quantitative estimate of drug-likeness (QED) is 0.00817. The molecule has 406 valence electrons. The van der Waals surface area contributed by atoms with E-state index in [9.17, 15) is 9.59 Å². The Morgan fingerprint density at radius 3 is 1.61 bits per heavy atom. The van der Waals surface area contributed by atoms with Crippen LogP contribution in [0.5, 0.6) is 11.5 Å². The number of esters is 1. The number of hydrogen-bond donors (Lipinski definition) is 1. The largest absolute Gasteiger partial charge is 0.494 e. The van der Waals surface area contributed by atoms with Crippen molar-refractivity contribution < 1.29 is 98.5 Å². The molecule has 0 saturated heterocycles. The highest BCUT2D eigenvalue weighted by molar-refractivity contribution is 6.22. The summed E-state index contributed by atoms with van der Waals surface area (Å²) in [7, 11) is 0. The highest BCUT2D eigenvalue weighted by Gasteiger charge is 2.20. The highest BCUT2D eigenvalue weighted by Crippen LogP contribution is 2.46. The molecule has 22 heteroatoms. The molecule has 7 aromatic carbocycles. The van der Waals surface area contributed by atoms with Gasteiger partial charge in [0, 0.05) is 42.1 Å². The lowest BCUT2D eigenvalue weighted by Crippen LogP contribution is -2.06. The Morgan fingerprint density at radius 1 is 0.475 bits per heavy atom. The lowest BCUT2D eigenvalue weighted by molar-refractivity contribution is -0.874. The maximum Gasteiger partial charge on any atom is 0.421 e. The number of carbonyl (C=O) groups excluding carboxylic acids is 2. The van der Waals surface area contributed by atoms with Crippen LogP contribution in [0.15, 0.2) is 130 Å². The van der Waals surface area contributed by atoms with Crippen LogP contribution in [0, 0.1) is 49.4 Å². The molecule has 0 fully saturated rings. The molecule has 0 radical (unpaired) electrons. The van der Waals surface area contributed by atoms with Gasteiger partial charge in [-0.2, -0.15) is 0 Å². The minimum Gasteiger partial charge on any atom is -0.494 e. The summed E-state index contributed by atoms with van der Waals surface area (Å²) in [4.78, 5) is 37.7. The number of rotatable bonds is 25. The van der Waals surface area contributed by atoms with E-state index < -0.39 is 11.9 Å². The fourth-order valence-corrected chi connectivity index (χ4v) is 8.48. The molecule has 80 heavy (non-hydrogen) atoms. The summed E-state index contributed by atoms with van der Waals surface area (Å²) < 4.78 is 24.1. The average molecular weight is 1090 g/mol. The molecule has 0 atom stereocenters. The van der Waals surface area contributed by atoms with Crippen LogP contribution in [-0.4, -0.2) is 33.8 Å². The van der Waals surface area contributed by atoms with E-state index in [1.165, 1.54) is 25.7 Å². The summed E-state index contributed by atoms with van der Waals surface area (Å²) in [6.07, 6.45) is 7.09. The van der Waals surface area contributed by atoms with E-state index in [4.69, 9.17) is 28.5 Å². The van der Waals surface area contributed by atoms with Crippen molar-refractivity contribution in [1.29, 1.82) is 0 Å². The number of hydrogen-bond acceptors (Lipinski definition) is 22. The number of fused-ring (bicyclic) bond motifs is 4. The second-order valence-electron chi connectivity index (χ2n) is 17.2. The molecule has 0 amide bonds. The molecule has 0 bridgehead atoms. The summed E-state index contributed by atoms with van der Waals surface area (Å²) in [5.74, 6) is 12.6. The van der Waals surface area contributed by atoms with E-state index in [1.807, 2.05) is 73.5 Å². The third-order valence-corrected chi connectivity index (χ3v) is 11.9. The lowest BCUT2D eigenvalue weighted by atomic mass is 9.84. The van der Waals surface area contributed by atoms with Gasteiger partial charge in [-0.05, 0) is 189 Å². The number of nitrogens with zero attached hydrogens (tertiary/aromatic N) is 2. The molecule has 22 nitrogen and oxygen atoms in total. The first kappa shape index (κ1) is 55.6. The van der Waals surface area contributed by atoms with E-state index in [2.05, 4.69) is 162 Å². The van der Waals surface area contributed by atoms with Gasteiger partial charge in [-0.1, -0.05) is 111 Å². The van der Waals surface area contributed by atoms with E-state index >= 15 is 0 Å². The summed E-state index contributed by atoms with van der Waals surface area (Å²) in [6, 6.07) is 40.2. The van der Waals surface area contributed by atoms with Crippen molar-refractivity contribution in [2.45, 2.75) is 59.3 Å². The Morgan fingerprint density at radius 2 is 0.963 bits per heavy atom. The summed E-state index contributed by atoms with van der Waals surface area (Å²) >= 11 is 0. The SMILES string of the molecule is CCCCCCCCOc1ccc(-c2c3ccc(C)cc3c(-c3ccc(OC(=O)C#CC#CC#CC(=O)OOOOOOOOOOOOOO)cc3)c3ccc(-c4ccc5nc(-c6nc7ccc(C)cc7o6)oc5c4)cc23)cc1. The van der Waals surface area contributed by atoms with Gasteiger partial charge in [0.2, 0.25) is 0 Å². The number of ether oxygens (including phenoxy) is 2. The molecule has 2 heterocycles. The molecule has 0 aliphatic heterocycles. The van der Waals surface area contributed by atoms with Crippen molar-refractivity contribution in [2.75, 3.05) is 6.61 Å². The Bertz CT molecular complexity index is 3820. The first-order valence-electron chi connectivity index (χ1n) is 24.5. The van der Waals surface area contributed by atoms with E-state index in [0.29, 0.717) is 35.1 Å². The molecule has 9 rings (SSSR count). The maximum absolute atomic E-state index is 12.7. The smallest absolute Gasteiger partial charge is 0.421 e. The molecule has 0 unspecified atom stereocenters. The fourth-order valence-electron chi connectivity index (χ4n) is 8.48. The number of aryl methyl sites for hydroxylation is 2. The summed E-state index contributed by atoms with van der Waals surface area (Å²) in [5, 5.41) is 54.5. The zero-order chi connectivity index (χ0) is 55.5. The zero-order valence-electron chi connectivity index (χ0n) is 42.6. The maximum atomic E-state index is 12.7. The molecule has 0 spiro atoms. The van der Waals surface area contributed by atoms with Gasteiger partial charge in [0.25, 0.3) is 11.8 Å². The molecule has 9 aromatic rings. The normalized spacial score (nSPS) is 11.0. The standard InChI is InChI=1S/C58H44N2O20/c1-4-5-6-7-10-13-32-64-43-24-18-39(19-25-43)56-45-28-16-37(2)33-47(45)55(46-29-22-41(35-48(46)56)42-23-31-50-52(36-42)67-58(60-50)57-59-49-30-17-38(3)34-51(49)66-57)40-20-26-44(27-21-40)65-53(61)14-11-8-9-12-15-54(62)68-70-72-74-76-78-80-79-77-75-73-71-69-63/h16-31,33-36,63H,4-7,10,13,32H2,1-3H3. The van der Waals surface area contributed by atoms with Crippen LogP contribution in [0.3, 0.4) is 0 Å². The molecule has 0 aliphatic rings. The van der Waals surface area contributed by atoms with Gasteiger partial charge >= 0.3 is 11.9 Å². The Balaban J connectivity index is 0.929. The van der Waals surface area contributed by atoms with Gasteiger partial charge in [-0.15, -0.1) is 0 Å². The second-order valence-corrected chi connectivity index (χ2v) is 17.2. The average Bonchev–Trinajstić information content (AvgIpc) is 4.24. The van der Waals surface area contributed by atoms with Crippen LogP contribution in [0.2, 0.25) is 0 Å². The van der Waals surface area contributed by atoms with Crippen LogP contribution in [0.1, 0.15) is 56.6 Å². The van der Waals surface area contributed by atoms with Crippen LogP contribution in [0.25, 0.3) is 88.9 Å². The van der Waals surface area contributed by atoms with Gasteiger partial charge in [-0.3, -0.25) is 4.89 Å². The Kier molecular flexibility index (Phi) is 19.5. The zero-order valence-corrected chi connectivity index (χ0v) is 42.6. The predicted molar refractivity (Wildman–Crippen MR) is 277 cm³/mol. The van der Waals surface area contributed by atoms with Gasteiger partial charge in [0.1, 0.15) is 22.5 Å². The van der Waals surface area contributed by atoms with Gasteiger partial charge in [0.05, 0.1) is 6.61 Å². The number of carbonyl (C=O) groups is 2. The van der Waals surface area contributed by atoms with Crippen LogP contribution in [-0.2, 0) is 74.9 Å². The van der Waals surface area contributed by atoms with Crippen molar-refractivity contribution in [2.24, 2.45) is 0 Å². The molecule has 2 aromatic heterocycles. The van der Waals surface area contributed by atoms with Crippen LogP contribution < -0.4 is 9.47 Å². The first-order valence-corrected chi connectivity index (χ1v) is 24.5. The predicted octanol–water partition coefficient (Wildman–Crippen LogP) is 12.4. The highest BCUT2D eigenvalue weighted by atomic mass is 18.0. The van der Waals surface area contributed by atoms with Crippen LogP contribution >= 0.6 is 0 Å². The van der Waals surface area contributed by atoms with Gasteiger partial charge in [-0.25, -0.2) is 24.8 Å². The minimum absolute atomic E-state index is 0.239. The van der Waals surface area contributed by atoms with Crippen LogP contribution in [0.4, 0.5) is 0 Å². The van der Waals surface area contributed by atoms with Crippen molar-refractivity contribution >= 4 is 55.7 Å². The number of unbranched alkanes of at least 4 members (excludes halogenated alkanes) is 5. The molecular formula is C58H44N2O20. The lowest BCUT2D eigenvalue weighted by Gasteiger charge is -2.19. The van der Waals surface area contributed by atoms with Gasteiger partial charge in [0.15, 0.2) is 11.2 Å². The van der Waals surface area contributed by atoms with Gasteiger partial charge < -0.3 is 18.3 Å². The monoisotopic (exact) mass is 1090 g/mol. The van der Waals surface area contributed by atoms with Crippen molar-refractivity contribution in [3.63, 3.8) is 0 Å².